The van der Waals surface area contributed by atoms with Gasteiger partial charge in [0.15, 0.2) is 0 Å². The van der Waals surface area contributed by atoms with Gasteiger partial charge in [-0.1, -0.05) is 19.3 Å². The van der Waals surface area contributed by atoms with Gasteiger partial charge in [0.1, 0.15) is 11.6 Å². The maximum Gasteiger partial charge on any atom is 0.204 e. The predicted molar refractivity (Wildman–Crippen MR) is 80.4 cm³/mol. The van der Waals surface area contributed by atoms with E-state index in [2.05, 4.69) is 25.7 Å². The van der Waals surface area contributed by atoms with E-state index in [0.717, 1.165) is 24.5 Å². The molecule has 3 rings (SSSR count). The van der Waals surface area contributed by atoms with Crippen LogP contribution in [0.2, 0.25) is 0 Å². The predicted octanol–water partition coefficient (Wildman–Crippen LogP) is 1.97. The molecule has 6 heteroatoms. The lowest BCUT2D eigenvalue weighted by Gasteiger charge is -2.36. The standard InChI is InChI=1S/C14H20N4.CH3NO/c1-2-4-14(5-3-1,10-12-15-6-7-16-12)11-13-17-8-9-18-13;2-1-3/h6-9H,1-5,10-11H2,(H,15,16)(H,17,18);1H,(H2,2,3). The van der Waals surface area contributed by atoms with Gasteiger partial charge in [-0.05, 0) is 18.3 Å². The first-order valence-corrected chi connectivity index (χ1v) is 7.40. The number of hydrogen-bond acceptors (Lipinski definition) is 3. The topological polar surface area (TPSA) is 100 Å². The first kappa shape index (κ1) is 15.3. The molecule has 0 atom stereocenters. The lowest BCUT2D eigenvalue weighted by Crippen LogP contribution is -2.30. The summed E-state index contributed by atoms with van der Waals surface area (Å²) < 4.78 is 0. The summed E-state index contributed by atoms with van der Waals surface area (Å²) in [6.07, 6.45) is 16.5. The molecule has 1 saturated carbocycles. The zero-order valence-electron chi connectivity index (χ0n) is 12.2. The fourth-order valence-electron chi connectivity index (χ4n) is 3.22. The van der Waals surface area contributed by atoms with Gasteiger partial charge in [-0.2, -0.15) is 0 Å². The van der Waals surface area contributed by atoms with Gasteiger partial charge in [0, 0.05) is 37.6 Å². The van der Waals surface area contributed by atoms with Crippen molar-refractivity contribution in [2.24, 2.45) is 11.1 Å². The SMILES string of the molecule is NC=O.c1c[nH]c(CC2(Cc3ncc[nH]3)CCCCC2)n1. The molecule has 0 bridgehead atoms. The monoisotopic (exact) mass is 289 g/mol. The summed E-state index contributed by atoms with van der Waals surface area (Å²) >= 11 is 0. The highest BCUT2D eigenvalue weighted by atomic mass is 16.1. The zero-order valence-corrected chi connectivity index (χ0v) is 12.2. The van der Waals surface area contributed by atoms with E-state index in [1.54, 1.807) is 0 Å². The number of aromatic amines is 2. The number of nitrogens with one attached hydrogen (secondary N) is 2. The highest BCUT2D eigenvalue weighted by molar-refractivity contribution is 5.42. The summed E-state index contributed by atoms with van der Waals surface area (Å²) in [4.78, 5) is 23.9. The molecule has 0 unspecified atom stereocenters. The fourth-order valence-corrected chi connectivity index (χ4v) is 3.22. The number of carbonyl (C=O) groups is 1. The lowest BCUT2D eigenvalue weighted by atomic mass is 9.69. The molecule has 0 spiro atoms. The third-order valence-corrected chi connectivity index (χ3v) is 4.11. The number of imidazole rings is 2. The number of hydrogen-bond donors (Lipinski definition) is 3. The number of nitrogens with zero attached hydrogens (tertiary/aromatic N) is 2. The molecule has 2 aromatic rings. The van der Waals surface area contributed by atoms with Gasteiger partial charge in [-0.25, -0.2) is 9.97 Å². The van der Waals surface area contributed by atoms with Gasteiger partial charge >= 0.3 is 0 Å². The van der Waals surface area contributed by atoms with Gasteiger partial charge in [0.05, 0.1) is 0 Å². The molecule has 1 aliphatic rings. The summed E-state index contributed by atoms with van der Waals surface area (Å²) in [5, 5.41) is 0. The molecule has 1 fully saturated rings. The van der Waals surface area contributed by atoms with Gasteiger partial charge in [0.25, 0.3) is 0 Å². The average molecular weight is 289 g/mol. The van der Waals surface area contributed by atoms with Crippen LogP contribution in [0.15, 0.2) is 24.8 Å². The highest BCUT2D eigenvalue weighted by Gasteiger charge is 2.33. The first-order valence-electron chi connectivity index (χ1n) is 7.40. The summed E-state index contributed by atoms with van der Waals surface area (Å²) in [6.45, 7) is 0. The van der Waals surface area contributed by atoms with Crippen LogP contribution < -0.4 is 5.73 Å². The van der Waals surface area contributed by atoms with Crippen LogP contribution in [0.4, 0.5) is 0 Å². The summed E-state index contributed by atoms with van der Waals surface area (Å²) in [5.41, 5.74) is 4.51. The van der Waals surface area contributed by atoms with Crippen molar-refractivity contribution < 1.29 is 4.79 Å². The van der Waals surface area contributed by atoms with Crippen molar-refractivity contribution in [3.05, 3.63) is 36.4 Å². The smallest absolute Gasteiger partial charge is 0.204 e. The zero-order chi connectivity index (χ0) is 15.0. The van der Waals surface area contributed by atoms with Crippen molar-refractivity contribution in [3.8, 4) is 0 Å². The minimum atomic E-state index is 0.250. The largest absolute Gasteiger partial charge is 0.372 e. The van der Waals surface area contributed by atoms with Crippen molar-refractivity contribution in [2.45, 2.75) is 44.9 Å². The van der Waals surface area contributed by atoms with Gasteiger partial charge in [-0.15, -0.1) is 0 Å². The molecular formula is C15H23N5O. The van der Waals surface area contributed by atoms with E-state index in [1.807, 2.05) is 24.8 Å². The Labute approximate surface area is 124 Å². The van der Waals surface area contributed by atoms with Crippen LogP contribution in [0.5, 0.6) is 0 Å². The van der Waals surface area contributed by atoms with Gasteiger partial charge in [0.2, 0.25) is 6.41 Å². The Morgan fingerprint density at radius 1 is 1.05 bits per heavy atom. The second kappa shape index (κ2) is 7.61. The van der Waals surface area contributed by atoms with Crippen LogP contribution in [0.1, 0.15) is 43.8 Å². The second-order valence-electron chi connectivity index (χ2n) is 5.62. The third kappa shape index (κ3) is 4.44. The summed E-state index contributed by atoms with van der Waals surface area (Å²) in [6, 6.07) is 0. The Hall–Kier alpha value is -2.11. The van der Waals surface area contributed by atoms with Crippen LogP contribution in [0, 0.1) is 5.41 Å². The van der Waals surface area contributed by atoms with Crippen molar-refractivity contribution >= 4 is 6.41 Å². The van der Waals surface area contributed by atoms with E-state index in [1.165, 1.54) is 32.1 Å². The van der Waals surface area contributed by atoms with Crippen molar-refractivity contribution in [3.63, 3.8) is 0 Å². The Kier molecular flexibility index (Phi) is 5.54. The number of H-pyrrole nitrogens is 2. The minimum Gasteiger partial charge on any atom is -0.372 e. The van der Waals surface area contributed by atoms with E-state index >= 15 is 0 Å². The quantitative estimate of drug-likeness (QED) is 0.750. The van der Waals surface area contributed by atoms with E-state index < -0.39 is 0 Å². The Morgan fingerprint density at radius 3 is 1.90 bits per heavy atom. The minimum absolute atomic E-state index is 0.250. The molecular weight excluding hydrogens is 266 g/mol. The molecule has 0 radical (unpaired) electrons. The third-order valence-electron chi connectivity index (χ3n) is 4.11. The number of primary amides is 1. The molecule has 0 aromatic carbocycles. The normalized spacial score (nSPS) is 16.8. The molecule has 6 nitrogen and oxygen atoms in total. The van der Waals surface area contributed by atoms with Gasteiger partial charge < -0.3 is 15.7 Å². The van der Waals surface area contributed by atoms with E-state index in [4.69, 9.17) is 4.79 Å². The first-order chi connectivity index (χ1) is 10.3. The molecule has 0 aliphatic heterocycles. The molecule has 0 saturated heterocycles. The molecule has 1 amide bonds. The summed E-state index contributed by atoms with van der Waals surface area (Å²) in [5.74, 6) is 2.23. The van der Waals surface area contributed by atoms with E-state index in [9.17, 15) is 0 Å². The molecule has 114 valence electrons. The Bertz CT molecular complexity index is 462. The maximum atomic E-state index is 8.58. The van der Waals surface area contributed by atoms with E-state index in [0.29, 0.717) is 5.41 Å². The molecule has 2 heterocycles. The van der Waals surface area contributed by atoms with Crippen LogP contribution in [-0.2, 0) is 17.6 Å². The van der Waals surface area contributed by atoms with Crippen LogP contribution in [0.25, 0.3) is 0 Å². The molecule has 2 aromatic heterocycles. The van der Waals surface area contributed by atoms with Gasteiger partial charge in [-0.3, -0.25) is 4.79 Å². The molecule has 4 N–H and O–H groups in total. The van der Waals surface area contributed by atoms with E-state index in [-0.39, 0.29) is 6.41 Å². The lowest BCUT2D eigenvalue weighted by molar-refractivity contribution is -0.106. The second-order valence-corrected chi connectivity index (χ2v) is 5.62. The number of amides is 1. The number of aromatic nitrogens is 4. The van der Waals surface area contributed by atoms with Crippen LogP contribution >= 0.6 is 0 Å². The Balaban J connectivity index is 0.000000497. The number of rotatable bonds is 4. The summed E-state index contributed by atoms with van der Waals surface area (Å²) in [7, 11) is 0. The fraction of sp³-hybridized carbons (Fsp3) is 0.533. The van der Waals surface area contributed by atoms with Crippen LogP contribution in [-0.4, -0.2) is 26.3 Å². The highest BCUT2D eigenvalue weighted by Crippen LogP contribution is 2.40. The maximum absolute atomic E-state index is 8.58. The van der Waals surface area contributed by atoms with Crippen molar-refractivity contribution in [1.29, 1.82) is 0 Å². The van der Waals surface area contributed by atoms with Crippen LogP contribution in [0.3, 0.4) is 0 Å². The van der Waals surface area contributed by atoms with Crippen molar-refractivity contribution in [2.75, 3.05) is 0 Å². The molecule has 21 heavy (non-hydrogen) atoms. The number of carbonyl (C=O) groups excluding carboxylic acids is 1. The average Bonchev–Trinajstić information content (AvgIpc) is 3.14. The number of nitrogens with two attached hydrogens (primary N) is 1. The Morgan fingerprint density at radius 2 is 1.52 bits per heavy atom. The molecule has 1 aliphatic carbocycles. The van der Waals surface area contributed by atoms with Crippen molar-refractivity contribution in [1.82, 2.24) is 19.9 Å².